The number of nitrogens with zero attached hydrogens (tertiary/aromatic N) is 1. The fourth-order valence-electron chi connectivity index (χ4n) is 2.02. The second kappa shape index (κ2) is 6.48. The van der Waals surface area contributed by atoms with E-state index in [1.807, 2.05) is 0 Å². The minimum Gasteiger partial charge on any atom is -0.374 e. The number of rotatable bonds is 4. The lowest BCUT2D eigenvalue weighted by molar-refractivity contribution is -0.0182. The van der Waals surface area contributed by atoms with Crippen molar-refractivity contribution in [3.63, 3.8) is 0 Å². The molecule has 5 heteroatoms. The zero-order valence-corrected chi connectivity index (χ0v) is 11.2. The highest BCUT2D eigenvalue weighted by molar-refractivity contribution is 6.31. The molecule has 0 aromatic heterocycles. The Morgan fingerprint density at radius 1 is 1.56 bits per heavy atom. The van der Waals surface area contributed by atoms with E-state index in [0.29, 0.717) is 11.6 Å². The van der Waals surface area contributed by atoms with E-state index in [0.717, 1.165) is 31.8 Å². The quantitative estimate of drug-likeness (QED) is 0.906. The second-order valence-electron chi connectivity index (χ2n) is 4.62. The van der Waals surface area contributed by atoms with Crippen LogP contribution in [0.25, 0.3) is 0 Å². The van der Waals surface area contributed by atoms with Crippen molar-refractivity contribution < 1.29 is 9.13 Å². The van der Waals surface area contributed by atoms with Crippen LogP contribution in [0.3, 0.4) is 0 Å². The molecular formula is C13H18ClFN2O. The maximum Gasteiger partial charge on any atom is 0.124 e. The molecule has 0 aliphatic carbocycles. The van der Waals surface area contributed by atoms with Crippen LogP contribution in [-0.2, 0) is 11.3 Å². The van der Waals surface area contributed by atoms with Crippen molar-refractivity contribution in [2.45, 2.75) is 12.6 Å². The van der Waals surface area contributed by atoms with E-state index < -0.39 is 0 Å². The lowest BCUT2D eigenvalue weighted by Crippen LogP contribution is -2.44. The van der Waals surface area contributed by atoms with Crippen LogP contribution in [0.15, 0.2) is 18.2 Å². The van der Waals surface area contributed by atoms with E-state index in [-0.39, 0.29) is 11.9 Å². The van der Waals surface area contributed by atoms with Crippen LogP contribution in [0.2, 0.25) is 5.02 Å². The number of likely N-dealkylation sites (N-methyl/N-ethyl adjacent to an activating group) is 1. The lowest BCUT2D eigenvalue weighted by atomic mass is 10.2. The third-order valence-electron chi connectivity index (χ3n) is 3.04. The van der Waals surface area contributed by atoms with Crippen molar-refractivity contribution in [3.8, 4) is 0 Å². The van der Waals surface area contributed by atoms with Gasteiger partial charge in [0.25, 0.3) is 0 Å². The molecule has 0 saturated carbocycles. The highest BCUT2D eigenvalue weighted by Crippen LogP contribution is 2.16. The van der Waals surface area contributed by atoms with Gasteiger partial charge in [-0.2, -0.15) is 0 Å². The number of nitrogens with one attached hydrogen (secondary N) is 1. The molecule has 1 aromatic carbocycles. The topological polar surface area (TPSA) is 24.5 Å². The van der Waals surface area contributed by atoms with E-state index in [1.165, 1.54) is 12.1 Å². The lowest BCUT2D eigenvalue weighted by Gasteiger charge is -2.30. The van der Waals surface area contributed by atoms with Gasteiger partial charge in [0.1, 0.15) is 5.82 Å². The van der Waals surface area contributed by atoms with Crippen molar-refractivity contribution in [1.29, 1.82) is 0 Å². The van der Waals surface area contributed by atoms with Gasteiger partial charge in [-0.05, 0) is 24.7 Å². The standard InChI is InChI=1S/C13H18ClFN2O/c1-17-4-5-18-12(9-17)8-16-7-10-2-3-11(15)6-13(10)14/h2-3,6,12,16H,4-5,7-9H2,1H3/t12-/m1/s1. The first-order valence-corrected chi connectivity index (χ1v) is 6.48. The van der Waals surface area contributed by atoms with Crippen LogP contribution >= 0.6 is 11.6 Å². The Morgan fingerprint density at radius 2 is 2.39 bits per heavy atom. The fourth-order valence-corrected chi connectivity index (χ4v) is 2.26. The molecule has 0 unspecified atom stereocenters. The summed E-state index contributed by atoms with van der Waals surface area (Å²) < 4.78 is 18.5. The average molecular weight is 273 g/mol. The molecule has 0 amide bonds. The molecule has 1 N–H and O–H groups in total. The summed E-state index contributed by atoms with van der Waals surface area (Å²) in [5.41, 5.74) is 0.905. The number of hydrogen-bond donors (Lipinski definition) is 1. The van der Waals surface area contributed by atoms with E-state index in [2.05, 4.69) is 17.3 Å². The van der Waals surface area contributed by atoms with Gasteiger partial charge in [0.2, 0.25) is 0 Å². The van der Waals surface area contributed by atoms with E-state index in [9.17, 15) is 4.39 Å². The van der Waals surface area contributed by atoms with Gasteiger partial charge in [0.15, 0.2) is 0 Å². The number of hydrogen-bond acceptors (Lipinski definition) is 3. The molecule has 100 valence electrons. The summed E-state index contributed by atoms with van der Waals surface area (Å²) >= 11 is 5.95. The molecule has 1 fully saturated rings. The molecule has 0 bridgehead atoms. The summed E-state index contributed by atoms with van der Waals surface area (Å²) in [5.74, 6) is -0.305. The molecule has 3 nitrogen and oxygen atoms in total. The largest absolute Gasteiger partial charge is 0.374 e. The fraction of sp³-hybridized carbons (Fsp3) is 0.538. The van der Waals surface area contributed by atoms with Crippen LogP contribution in [-0.4, -0.2) is 44.3 Å². The number of morpholine rings is 1. The number of halogens is 2. The van der Waals surface area contributed by atoms with Gasteiger partial charge >= 0.3 is 0 Å². The molecule has 18 heavy (non-hydrogen) atoms. The first kappa shape index (κ1) is 13.7. The summed E-state index contributed by atoms with van der Waals surface area (Å²) in [6, 6.07) is 4.47. The van der Waals surface area contributed by atoms with Gasteiger partial charge in [0.05, 0.1) is 12.7 Å². The molecule has 1 heterocycles. The smallest absolute Gasteiger partial charge is 0.124 e. The number of benzene rings is 1. The Balaban J connectivity index is 1.77. The molecule has 0 spiro atoms. The minimum atomic E-state index is -0.305. The molecule has 0 radical (unpaired) electrons. The van der Waals surface area contributed by atoms with Crippen molar-refractivity contribution in [2.24, 2.45) is 0 Å². The molecule has 2 rings (SSSR count). The van der Waals surface area contributed by atoms with E-state index >= 15 is 0 Å². The molecule has 1 aliphatic rings. The average Bonchev–Trinajstić information content (AvgIpc) is 2.32. The minimum absolute atomic E-state index is 0.211. The Kier molecular flexibility index (Phi) is 4.95. The molecule has 1 atom stereocenters. The normalized spacial score (nSPS) is 21.2. The number of ether oxygens (including phenoxy) is 1. The van der Waals surface area contributed by atoms with Crippen LogP contribution in [0.1, 0.15) is 5.56 Å². The third-order valence-corrected chi connectivity index (χ3v) is 3.40. The summed E-state index contributed by atoms with van der Waals surface area (Å²) in [4.78, 5) is 2.25. The summed E-state index contributed by atoms with van der Waals surface area (Å²) in [5, 5.41) is 3.76. The van der Waals surface area contributed by atoms with Gasteiger partial charge in [-0.15, -0.1) is 0 Å². The Bertz CT molecular complexity index is 403. The monoisotopic (exact) mass is 272 g/mol. The van der Waals surface area contributed by atoms with E-state index in [4.69, 9.17) is 16.3 Å². The van der Waals surface area contributed by atoms with E-state index in [1.54, 1.807) is 6.07 Å². The highest BCUT2D eigenvalue weighted by atomic mass is 35.5. The zero-order chi connectivity index (χ0) is 13.0. The first-order chi connectivity index (χ1) is 8.65. The van der Waals surface area contributed by atoms with Crippen LogP contribution < -0.4 is 5.32 Å². The Morgan fingerprint density at radius 3 is 3.11 bits per heavy atom. The van der Waals surface area contributed by atoms with Crippen LogP contribution in [0.4, 0.5) is 4.39 Å². The van der Waals surface area contributed by atoms with Gasteiger partial charge in [-0.3, -0.25) is 0 Å². The van der Waals surface area contributed by atoms with Crippen LogP contribution in [0.5, 0.6) is 0 Å². The molecular weight excluding hydrogens is 255 g/mol. The first-order valence-electron chi connectivity index (χ1n) is 6.10. The summed E-state index contributed by atoms with van der Waals surface area (Å²) in [7, 11) is 2.09. The third kappa shape index (κ3) is 3.92. The van der Waals surface area contributed by atoms with Crippen molar-refractivity contribution in [1.82, 2.24) is 10.2 Å². The predicted molar refractivity (Wildman–Crippen MR) is 70.4 cm³/mol. The molecule has 1 saturated heterocycles. The van der Waals surface area contributed by atoms with Crippen molar-refractivity contribution in [2.75, 3.05) is 33.3 Å². The Labute approximate surface area is 112 Å². The zero-order valence-electron chi connectivity index (χ0n) is 10.5. The van der Waals surface area contributed by atoms with Gasteiger partial charge in [-0.1, -0.05) is 17.7 Å². The highest BCUT2D eigenvalue weighted by Gasteiger charge is 2.16. The Hall–Kier alpha value is -0.680. The van der Waals surface area contributed by atoms with Gasteiger partial charge < -0.3 is 15.0 Å². The molecule has 1 aliphatic heterocycles. The summed E-state index contributed by atoms with van der Waals surface area (Å²) in [6.45, 7) is 4.10. The van der Waals surface area contributed by atoms with Crippen molar-refractivity contribution >= 4 is 11.6 Å². The van der Waals surface area contributed by atoms with Gasteiger partial charge in [0, 0.05) is 31.2 Å². The SMILES string of the molecule is CN1CCO[C@H](CNCc2ccc(F)cc2Cl)C1. The second-order valence-corrected chi connectivity index (χ2v) is 5.03. The maximum atomic E-state index is 12.9. The van der Waals surface area contributed by atoms with Crippen molar-refractivity contribution in [3.05, 3.63) is 34.6 Å². The maximum absolute atomic E-state index is 12.9. The van der Waals surface area contributed by atoms with Crippen LogP contribution in [0, 0.1) is 5.82 Å². The molecule has 1 aromatic rings. The predicted octanol–water partition coefficient (Wildman–Crippen LogP) is 1.90. The van der Waals surface area contributed by atoms with Gasteiger partial charge in [-0.25, -0.2) is 4.39 Å². The summed E-state index contributed by atoms with van der Waals surface area (Å²) in [6.07, 6.45) is 0.211.